The lowest BCUT2D eigenvalue weighted by molar-refractivity contribution is -0.130. The molecular formula is C31H37N9O3. The highest BCUT2D eigenvalue weighted by atomic mass is 16.2. The number of aromatic nitrogens is 4. The molecule has 1 aliphatic carbocycles. The maximum Gasteiger partial charge on any atom is 0.253 e. The molecule has 2 aliphatic rings. The first-order valence-corrected chi connectivity index (χ1v) is 14.4. The molecule has 0 bridgehead atoms. The Morgan fingerprint density at radius 1 is 1.07 bits per heavy atom. The number of hydrogen-bond donors (Lipinski definition) is 2. The first kappa shape index (κ1) is 29.8. The van der Waals surface area contributed by atoms with Crippen LogP contribution in [0.5, 0.6) is 0 Å². The summed E-state index contributed by atoms with van der Waals surface area (Å²) in [4.78, 5) is 43.6. The molecule has 2 N–H and O–H groups in total. The Bertz CT molecular complexity index is 1510. The Morgan fingerprint density at radius 3 is 2.19 bits per heavy atom. The fourth-order valence-corrected chi connectivity index (χ4v) is 6.43. The SMILES string of the molecule is C[C@H](CC1(c2nn[nH]n2)c2ccc(C(=O)N(C)C)cc2Cc2cc(C(=O)N(C)C)ccc21)NCC(=O)N1CCC[C@H]1C#N. The molecule has 3 amide bonds. The van der Waals surface area contributed by atoms with Gasteiger partial charge in [0.1, 0.15) is 6.04 Å². The maximum atomic E-state index is 13.0. The normalized spacial score (nSPS) is 17.4. The van der Waals surface area contributed by atoms with Crippen molar-refractivity contribution >= 4 is 17.7 Å². The molecule has 3 aromatic rings. The fourth-order valence-electron chi connectivity index (χ4n) is 6.43. The molecule has 43 heavy (non-hydrogen) atoms. The lowest BCUT2D eigenvalue weighted by Crippen LogP contribution is -2.46. The van der Waals surface area contributed by atoms with E-state index in [1.165, 1.54) is 0 Å². The summed E-state index contributed by atoms with van der Waals surface area (Å²) < 4.78 is 0. The summed E-state index contributed by atoms with van der Waals surface area (Å²) in [6, 6.07) is 13.0. The number of tetrazole rings is 1. The number of carbonyl (C=O) groups excluding carboxylic acids is 3. The van der Waals surface area contributed by atoms with Crippen molar-refractivity contribution in [1.82, 2.24) is 40.6 Å². The number of aromatic amines is 1. The minimum absolute atomic E-state index is 0.0912. The zero-order valence-corrected chi connectivity index (χ0v) is 25.2. The third-order valence-electron chi connectivity index (χ3n) is 8.48. The van der Waals surface area contributed by atoms with Gasteiger partial charge in [0, 0.05) is 51.9 Å². The molecule has 5 rings (SSSR count). The van der Waals surface area contributed by atoms with Gasteiger partial charge in [-0.15, -0.1) is 10.2 Å². The van der Waals surface area contributed by atoms with Crippen molar-refractivity contribution in [2.45, 2.75) is 50.1 Å². The molecule has 2 atom stereocenters. The third-order valence-corrected chi connectivity index (χ3v) is 8.48. The van der Waals surface area contributed by atoms with Crippen LogP contribution in [-0.4, -0.2) is 106 Å². The van der Waals surface area contributed by atoms with E-state index in [4.69, 9.17) is 0 Å². The van der Waals surface area contributed by atoms with Gasteiger partial charge < -0.3 is 20.0 Å². The Kier molecular flexibility index (Phi) is 8.28. The predicted octanol–water partition coefficient (Wildman–Crippen LogP) is 1.72. The molecule has 1 aliphatic heterocycles. The van der Waals surface area contributed by atoms with Crippen molar-refractivity contribution < 1.29 is 14.4 Å². The van der Waals surface area contributed by atoms with E-state index in [1.54, 1.807) is 42.9 Å². The number of H-pyrrole nitrogens is 1. The second-order valence-electron chi connectivity index (χ2n) is 11.8. The number of rotatable bonds is 8. The minimum atomic E-state index is -0.895. The predicted molar refractivity (Wildman–Crippen MR) is 158 cm³/mol. The summed E-state index contributed by atoms with van der Waals surface area (Å²) in [5.74, 6) is 0.132. The summed E-state index contributed by atoms with van der Waals surface area (Å²) in [7, 11) is 6.87. The van der Waals surface area contributed by atoms with Crippen LogP contribution in [0.3, 0.4) is 0 Å². The van der Waals surface area contributed by atoms with Crippen LogP contribution in [0.1, 0.15) is 75.0 Å². The summed E-state index contributed by atoms with van der Waals surface area (Å²) in [5, 5.41) is 28.3. The number of carbonyl (C=O) groups is 3. The highest BCUT2D eigenvalue weighted by molar-refractivity contribution is 5.95. The monoisotopic (exact) mass is 583 g/mol. The number of nitriles is 1. The standard InChI is InChI=1S/C31H37N9O3/c1-19(33-18-27(41)40-12-6-7-24(40)17-32)16-31(30-34-36-37-35-30)25-10-8-20(28(42)38(2)3)13-22(25)15-23-14-21(9-11-26(23)31)29(43)39(4)5/h8-11,13-14,19,24,33H,6-7,12,15-16,18H2,1-5H3,(H,34,35,36,37)/t19-,24+/m1/s1. The number of nitrogens with one attached hydrogen (secondary N) is 2. The van der Waals surface area contributed by atoms with Gasteiger partial charge in [-0.25, -0.2) is 0 Å². The summed E-state index contributed by atoms with van der Waals surface area (Å²) in [5.41, 5.74) is 3.95. The van der Waals surface area contributed by atoms with E-state index in [-0.39, 0.29) is 36.3 Å². The molecular weight excluding hydrogens is 546 g/mol. The number of likely N-dealkylation sites (tertiary alicyclic amines) is 1. The van der Waals surface area contributed by atoms with Gasteiger partial charge >= 0.3 is 0 Å². The first-order chi connectivity index (χ1) is 20.6. The Balaban J connectivity index is 1.58. The molecule has 2 heterocycles. The molecule has 1 fully saturated rings. The lowest BCUT2D eigenvalue weighted by Gasteiger charge is -2.41. The third kappa shape index (κ3) is 5.48. The molecule has 0 radical (unpaired) electrons. The summed E-state index contributed by atoms with van der Waals surface area (Å²) in [6.07, 6.45) is 2.50. The maximum absolute atomic E-state index is 13.0. The number of fused-ring (bicyclic) bond motifs is 2. The Labute approximate surface area is 251 Å². The van der Waals surface area contributed by atoms with Gasteiger partial charge in [-0.1, -0.05) is 17.3 Å². The lowest BCUT2D eigenvalue weighted by atomic mass is 9.62. The van der Waals surface area contributed by atoms with Crippen molar-refractivity contribution in [3.8, 4) is 6.07 Å². The van der Waals surface area contributed by atoms with Crippen LogP contribution in [0.4, 0.5) is 0 Å². The van der Waals surface area contributed by atoms with Gasteiger partial charge in [0.25, 0.3) is 11.8 Å². The molecule has 1 aromatic heterocycles. The van der Waals surface area contributed by atoms with Crippen molar-refractivity contribution in [2.24, 2.45) is 0 Å². The quantitative estimate of drug-likeness (QED) is 0.407. The second-order valence-corrected chi connectivity index (χ2v) is 11.8. The minimum Gasteiger partial charge on any atom is -0.345 e. The number of amides is 3. The zero-order chi connectivity index (χ0) is 30.9. The highest BCUT2D eigenvalue weighted by Gasteiger charge is 2.47. The van der Waals surface area contributed by atoms with E-state index in [0.29, 0.717) is 42.8 Å². The second kappa shape index (κ2) is 11.9. The molecule has 224 valence electrons. The van der Waals surface area contributed by atoms with E-state index in [2.05, 4.69) is 32.0 Å². The van der Waals surface area contributed by atoms with Gasteiger partial charge in [0.05, 0.1) is 18.0 Å². The van der Waals surface area contributed by atoms with E-state index in [0.717, 1.165) is 28.7 Å². The highest BCUT2D eigenvalue weighted by Crippen LogP contribution is 2.48. The van der Waals surface area contributed by atoms with Crippen molar-refractivity contribution in [3.05, 3.63) is 75.6 Å². The molecule has 12 heteroatoms. The Hall–Kier alpha value is -4.63. The molecule has 0 spiro atoms. The van der Waals surface area contributed by atoms with Crippen LogP contribution in [0, 0.1) is 11.3 Å². The van der Waals surface area contributed by atoms with Crippen LogP contribution >= 0.6 is 0 Å². The number of nitrogens with zero attached hydrogens (tertiary/aromatic N) is 7. The molecule has 0 saturated carbocycles. The fraction of sp³-hybridized carbons (Fsp3) is 0.452. The van der Waals surface area contributed by atoms with Gasteiger partial charge in [-0.05, 0) is 79.1 Å². The smallest absolute Gasteiger partial charge is 0.253 e. The van der Waals surface area contributed by atoms with Crippen LogP contribution in [0.2, 0.25) is 0 Å². The largest absolute Gasteiger partial charge is 0.345 e. The topological polar surface area (TPSA) is 151 Å². The van der Waals surface area contributed by atoms with E-state index in [1.807, 2.05) is 43.3 Å². The van der Waals surface area contributed by atoms with Gasteiger partial charge in [0.2, 0.25) is 5.91 Å². The van der Waals surface area contributed by atoms with E-state index >= 15 is 0 Å². The molecule has 12 nitrogen and oxygen atoms in total. The molecule has 1 saturated heterocycles. The average molecular weight is 584 g/mol. The van der Waals surface area contributed by atoms with Crippen LogP contribution in [0.15, 0.2) is 36.4 Å². The Morgan fingerprint density at radius 2 is 1.67 bits per heavy atom. The van der Waals surface area contributed by atoms with Crippen molar-refractivity contribution in [1.29, 1.82) is 5.26 Å². The summed E-state index contributed by atoms with van der Waals surface area (Å²) >= 11 is 0. The molecule has 0 unspecified atom stereocenters. The van der Waals surface area contributed by atoms with Crippen LogP contribution in [0.25, 0.3) is 0 Å². The average Bonchev–Trinajstić information content (AvgIpc) is 3.71. The van der Waals surface area contributed by atoms with Crippen molar-refractivity contribution in [3.63, 3.8) is 0 Å². The van der Waals surface area contributed by atoms with Gasteiger partial charge in [0.15, 0.2) is 5.82 Å². The van der Waals surface area contributed by atoms with Crippen LogP contribution < -0.4 is 5.32 Å². The van der Waals surface area contributed by atoms with Crippen LogP contribution in [-0.2, 0) is 16.6 Å². The zero-order valence-electron chi connectivity index (χ0n) is 25.2. The van der Waals surface area contributed by atoms with Gasteiger partial charge in [-0.3, -0.25) is 14.4 Å². The summed E-state index contributed by atoms with van der Waals surface area (Å²) in [6.45, 7) is 2.68. The number of hydrogen-bond acceptors (Lipinski definition) is 8. The van der Waals surface area contributed by atoms with E-state index in [9.17, 15) is 19.6 Å². The first-order valence-electron chi connectivity index (χ1n) is 14.4. The number of benzene rings is 2. The van der Waals surface area contributed by atoms with Crippen molar-refractivity contribution in [2.75, 3.05) is 41.3 Å². The molecule has 2 aromatic carbocycles. The van der Waals surface area contributed by atoms with Gasteiger partial charge in [-0.2, -0.15) is 10.5 Å². The van der Waals surface area contributed by atoms with E-state index < -0.39 is 5.41 Å².